The molecule has 18 heavy (non-hydrogen) atoms. The number of hydrogen-bond acceptors (Lipinski definition) is 4. The van der Waals surface area contributed by atoms with E-state index >= 15 is 0 Å². The summed E-state index contributed by atoms with van der Waals surface area (Å²) in [6.45, 7) is 1.85. The van der Waals surface area contributed by atoms with E-state index in [2.05, 4.69) is 10.3 Å². The third-order valence-electron chi connectivity index (χ3n) is 3.37. The van der Waals surface area contributed by atoms with Crippen molar-refractivity contribution in [2.75, 3.05) is 12.4 Å². The van der Waals surface area contributed by atoms with Crippen LogP contribution in [0.5, 0.6) is 0 Å². The highest BCUT2D eigenvalue weighted by Gasteiger charge is 2.28. The number of ether oxygens (including phenoxy) is 1. The zero-order valence-electron chi connectivity index (χ0n) is 10.6. The average Bonchev–Trinajstić information content (AvgIpc) is 2.76. The molecular weight excluding hydrogens is 232 g/mol. The number of carboxylic acids is 1. The maximum absolute atomic E-state index is 11.1. The van der Waals surface area contributed by atoms with Gasteiger partial charge in [-0.3, -0.25) is 4.98 Å². The van der Waals surface area contributed by atoms with E-state index in [1.165, 1.54) is 6.20 Å². The molecule has 1 saturated carbocycles. The average molecular weight is 250 g/mol. The summed E-state index contributed by atoms with van der Waals surface area (Å²) >= 11 is 0. The molecule has 2 rings (SSSR count). The van der Waals surface area contributed by atoms with Crippen molar-refractivity contribution in [1.82, 2.24) is 4.98 Å². The van der Waals surface area contributed by atoms with Gasteiger partial charge in [0.25, 0.3) is 0 Å². The van der Waals surface area contributed by atoms with E-state index in [4.69, 9.17) is 9.84 Å². The fourth-order valence-electron chi connectivity index (χ4n) is 2.42. The second kappa shape index (κ2) is 5.35. The molecule has 0 aromatic carbocycles. The van der Waals surface area contributed by atoms with E-state index < -0.39 is 5.97 Å². The predicted octanol–water partition coefficient (Wildman–Crippen LogP) is 2.07. The highest BCUT2D eigenvalue weighted by Crippen LogP contribution is 2.26. The molecule has 1 aromatic rings. The standard InChI is InChI=1S/C13H18N2O3/c1-8-6-11(9(7-14-8)13(16)17)15-10-4-3-5-12(10)18-2/h6-7,10,12H,3-5H2,1-2H3,(H,14,15)(H,16,17). The number of hydrogen-bond donors (Lipinski definition) is 2. The number of aromatic nitrogens is 1. The smallest absolute Gasteiger partial charge is 0.339 e. The highest BCUT2D eigenvalue weighted by molar-refractivity contribution is 5.93. The summed E-state index contributed by atoms with van der Waals surface area (Å²) in [6.07, 6.45) is 4.67. The highest BCUT2D eigenvalue weighted by atomic mass is 16.5. The van der Waals surface area contributed by atoms with Gasteiger partial charge in [0.15, 0.2) is 0 Å². The summed E-state index contributed by atoms with van der Waals surface area (Å²) in [5.74, 6) is -0.961. The van der Waals surface area contributed by atoms with Crippen LogP contribution in [0.1, 0.15) is 35.3 Å². The Hall–Kier alpha value is -1.62. The lowest BCUT2D eigenvalue weighted by Gasteiger charge is -2.21. The van der Waals surface area contributed by atoms with Gasteiger partial charge in [-0.2, -0.15) is 0 Å². The Morgan fingerprint density at radius 2 is 2.33 bits per heavy atom. The van der Waals surface area contributed by atoms with Crippen LogP contribution in [0.25, 0.3) is 0 Å². The van der Waals surface area contributed by atoms with Crippen LogP contribution in [0, 0.1) is 6.92 Å². The quantitative estimate of drug-likeness (QED) is 0.856. The number of rotatable bonds is 4. The first-order valence-corrected chi connectivity index (χ1v) is 6.11. The van der Waals surface area contributed by atoms with Crippen molar-refractivity contribution in [3.8, 4) is 0 Å². The first kappa shape index (κ1) is 12.8. The second-order valence-electron chi connectivity index (χ2n) is 4.63. The fourth-order valence-corrected chi connectivity index (χ4v) is 2.42. The van der Waals surface area contributed by atoms with Crippen LogP contribution >= 0.6 is 0 Å². The van der Waals surface area contributed by atoms with Gasteiger partial charge in [0.05, 0.1) is 17.8 Å². The third kappa shape index (κ3) is 2.61. The molecule has 0 radical (unpaired) electrons. The first-order chi connectivity index (χ1) is 8.61. The number of carbonyl (C=O) groups is 1. The Bertz CT molecular complexity index is 448. The van der Waals surface area contributed by atoms with Crippen molar-refractivity contribution < 1.29 is 14.6 Å². The number of nitrogens with one attached hydrogen (secondary N) is 1. The molecule has 2 unspecified atom stereocenters. The van der Waals surface area contributed by atoms with E-state index in [1.807, 2.05) is 6.92 Å². The van der Waals surface area contributed by atoms with E-state index in [9.17, 15) is 4.79 Å². The number of methoxy groups -OCH3 is 1. The van der Waals surface area contributed by atoms with Gasteiger partial charge in [0.2, 0.25) is 0 Å². The van der Waals surface area contributed by atoms with Gasteiger partial charge in [-0.15, -0.1) is 0 Å². The third-order valence-corrected chi connectivity index (χ3v) is 3.37. The minimum absolute atomic E-state index is 0.153. The van der Waals surface area contributed by atoms with Crippen LogP contribution < -0.4 is 5.32 Å². The molecule has 1 aliphatic carbocycles. The van der Waals surface area contributed by atoms with Crippen molar-refractivity contribution in [1.29, 1.82) is 0 Å². The van der Waals surface area contributed by atoms with Crippen molar-refractivity contribution in [2.45, 2.75) is 38.3 Å². The van der Waals surface area contributed by atoms with Gasteiger partial charge in [-0.05, 0) is 32.3 Å². The fraction of sp³-hybridized carbons (Fsp3) is 0.538. The SMILES string of the molecule is COC1CCCC1Nc1cc(C)ncc1C(=O)O. The normalized spacial score (nSPS) is 23.0. The number of pyridine rings is 1. The summed E-state index contributed by atoms with van der Waals surface area (Å²) in [4.78, 5) is 15.2. The number of nitrogens with zero attached hydrogens (tertiary/aromatic N) is 1. The van der Waals surface area contributed by atoms with Gasteiger partial charge in [0.1, 0.15) is 5.56 Å². The first-order valence-electron chi connectivity index (χ1n) is 6.11. The van der Waals surface area contributed by atoms with E-state index in [0.29, 0.717) is 5.69 Å². The lowest BCUT2D eigenvalue weighted by atomic mass is 10.1. The predicted molar refractivity (Wildman–Crippen MR) is 68.0 cm³/mol. The summed E-state index contributed by atoms with van der Waals surface area (Å²) < 4.78 is 5.40. The van der Waals surface area contributed by atoms with Crippen LogP contribution in [0.4, 0.5) is 5.69 Å². The number of anilines is 1. The molecule has 1 aromatic heterocycles. The molecule has 1 heterocycles. The molecule has 0 amide bonds. The van der Waals surface area contributed by atoms with E-state index in [-0.39, 0.29) is 17.7 Å². The van der Waals surface area contributed by atoms with Crippen molar-refractivity contribution >= 4 is 11.7 Å². The lowest BCUT2D eigenvalue weighted by Crippen LogP contribution is -2.30. The van der Waals surface area contributed by atoms with Crippen molar-refractivity contribution in [3.63, 3.8) is 0 Å². The van der Waals surface area contributed by atoms with Gasteiger partial charge in [0, 0.05) is 19.0 Å². The van der Waals surface area contributed by atoms with Crippen molar-refractivity contribution in [3.05, 3.63) is 23.5 Å². The number of carboxylic acid groups (broad SMARTS) is 1. The second-order valence-corrected chi connectivity index (χ2v) is 4.63. The molecule has 0 bridgehead atoms. The molecule has 98 valence electrons. The zero-order valence-corrected chi connectivity index (χ0v) is 10.6. The summed E-state index contributed by atoms with van der Waals surface area (Å²) in [5.41, 5.74) is 1.64. The van der Waals surface area contributed by atoms with Crippen LogP contribution in [-0.2, 0) is 4.74 Å². The molecule has 1 fully saturated rings. The maximum Gasteiger partial charge on any atom is 0.339 e. The minimum atomic E-state index is -0.961. The summed E-state index contributed by atoms with van der Waals surface area (Å²) in [6, 6.07) is 1.95. The summed E-state index contributed by atoms with van der Waals surface area (Å²) in [5, 5.41) is 12.4. The molecule has 2 N–H and O–H groups in total. The Labute approximate surface area is 106 Å². The Kier molecular flexibility index (Phi) is 3.81. The zero-order chi connectivity index (χ0) is 13.1. The Balaban J connectivity index is 2.22. The molecular formula is C13H18N2O3. The molecule has 0 saturated heterocycles. The molecule has 1 aliphatic rings. The lowest BCUT2D eigenvalue weighted by molar-refractivity contribution is 0.0696. The van der Waals surface area contributed by atoms with Gasteiger partial charge >= 0.3 is 5.97 Å². The maximum atomic E-state index is 11.1. The topological polar surface area (TPSA) is 71.5 Å². The van der Waals surface area contributed by atoms with Crippen LogP contribution in [0.2, 0.25) is 0 Å². The van der Waals surface area contributed by atoms with Gasteiger partial charge in [-0.1, -0.05) is 0 Å². The minimum Gasteiger partial charge on any atom is -0.478 e. The molecule has 0 spiro atoms. The largest absolute Gasteiger partial charge is 0.478 e. The Morgan fingerprint density at radius 1 is 1.56 bits per heavy atom. The van der Waals surface area contributed by atoms with E-state index in [1.54, 1.807) is 13.2 Å². The summed E-state index contributed by atoms with van der Waals surface area (Å²) in [7, 11) is 1.70. The molecule has 0 aliphatic heterocycles. The monoisotopic (exact) mass is 250 g/mol. The molecule has 5 heteroatoms. The Morgan fingerprint density at radius 3 is 3.00 bits per heavy atom. The number of aromatic carboxylic acids is 1. The van der Waals surface area contributed by atoms with Crippen LogP contribution in [0.15, 0.2) is 12.3 Å². The molecule has 2 atom stereocenters. The van der Waals surface area contributed by atoms with Crippen LogP contribution in [-0.4, -0.2) is 35.3 Å². The van der Waals surface area contributed by atoms with Gasteiger partial charge < -0.3 is 15.2 Å². The van der Waals surface area contributed by atoms with Gasteiger partial charge in [-0.25, -0.2) is 4.79 Å². The van der Waals surface area contributed by atoms with Crippen LogP contribution in [0.3, 0.4) is 0 Å². The molecule has 5 nitrogen and oxygen atoms in total. The number of aryl methyl sites for hydroxylation is 1. The van der Waals surface area contributed by atoms with Crippen molar-refractivity contribution in [2.24, 2.45) is 0 Å². The van der Waals surface area contributed by atoms with E-state index in [0.717, 1.165) is 25.0 Å².